The maximum atomic E-state index is 6.24. The minimum atomic E-state index is 0. The fraction of sp³-hybridized carbons (Fsp3) is 0.375. The molecule has 2 aromatic rings. The maximum Gasteiger partial charge on any atom is 0.191 e. The molecule has 1 aromatic heterocycles. The van der Waals surface area contributed by atoms with Crippen LogP contribution in [0.5, 0.6) is 5.75 Å². The van der Waals surface area contributed by atoms with Crippen LogP contribution in [0.1, 0.15) is 18.2 Å². The number of methoxy groups -OCH3 is 1. The van der Waals surface area contributed by atoms with Gasteiger partial charge in [0, 0.05) is 24.2 Å². The van der Waals surface area contributed by atoms with E-state index in [2.05, 4.69) is 20.8 Å². The largest absolute Gasteiger partial charge is 0.497 e. The molecular formula is C16H22ClIN4O2. The number of aliphatic imine (C=N–C) groups is 1. The average molecular weight is 465 g/mol. The van der Waals surface area contributed by atoms with Crippen molar-refractivity contribution in [3.63, 3.8) is 0 Å². The van der Waals surface area contributed by atoms with E-state index < -0.39 is 0 Å². The van der Waals surface area contributed by atoms with Crippen molar-refractivity contribution in [3.8, 4) is 5.75 Å². The minimum Gasteiger partial charge on any atom is -0.497 e. The van der Waals surface area contributed by atoms with E-state index >= 15 is 0 Å². The highest BCUT2D eigenvalue weighted by atomic mass is 127. The zero-order valence-electron chi connectivity index (χ0n) is 13.7. The molecule has 0 aliphatic carbocycles. The number of guanidine groups is 1. The number of rotatable bonds is 7. The number of halogens is 2. The van der Waals surface area contributed by atoms with E-state index in [0.29, 0.717) is 11.6 Å². The molecule has 2 N–H and O–H groups in total. The Labute approximate surface area is 164 Å². The number of hydrogen-bond acceptors (Lipinski definition) is 4. The summed E-state index contributed by atoms with van der Waals surface area (Å²) in [5.74, 6) is 1.49. The van der Waals surface area contributed by atoms with Gasteiger partial charge in [-0.15, -0.1) is 24.0 Å². The third-order valence-electron chi connectivity index (χ3n) is 3.18. The first-order valence-electron chi connectivity index (χ1n) is 7.46. The van der Waals surface area contributed by atoms with Gasteiger partial charge in [0.15, 0.2) is 5.96 Å². The van der Waals surface area contributed by atoms with Crippen LogP contribution in [0.25, 0.3) is 0 Å². The summed E-state index contributed by atoms with van der Waals surface area (Å²) in [7, 11) is 1.63. The molecule has 6 nitrogen and oxygen atoms in total. The summed E-state index contributed by atoms with van der Waals surface area (Å²) in [6.45, 7) is 3.99. The normalized spacial score (nSPS) is 10.9. The van der Waals surface area contributed by atoms with Gasteiger partial charge in [-0.1, -0.05) is 22.8 Å². The van der Waals surface area contributed by atoms with E-state index in [9.17, 15) is 0 Å². The molecule has 0 radical (unpaired) electrons. The Kier molecular flexibility index (Phi) is 9.55. The molecule has 0 bridgehead atoms. The highest BCUT2D eigenvalue weighted by Crippen LogP contribution is 2.22. The fourth-order valence-corrected chi connectivity index (χ4v) is 2.26. The Bertz CT molecular complexity index is 635. The van der Waals surface area contributed by atoms with Crippen molar-refractivity contribution >= 4 is 41.5 Å². The molecule has 8 heteroatoms. The summed E-state index contributed by atoms with van der Waals surface area (Å²) in [5, 5.41) is 11.0. The van der Waals surface area contributed by atoms with Crippen LogP contribution in [0, 0.1) is 0 Å². The van der Waals surface area contributed by atoms with Crippen molar-refractivity contribution in [2.45, 2.75) is 19.9 Å². The second-order valence-electron chi connectivity index (χ2n) is 4.82. The molecule has 0 atom stereocenters. The zero-order chi connectivity index (χ0) is 16.5. The van der Waals surface area contributed by atoms with Crippen molar-refractivity contribution in [2.24, 2.45) is 4.99 Å². The number of nitrogens with one attached hydrogen (secondary N) is 2. The van der Waals surface area contributed by atoms with Crippen LogP contribution in [0.3, 0.4) is 0 Å². The molecule has 0 aliphatic rings. The number of aromatic nitrogens is 1. The Morgan fingerprint density at radius 2 is 2.17 bits per heavy atom. The molecule has 0 aliphatic heterocycles. The van der Waals surface area contributed by atoms with E-state index in [1.807, 2.05) is 25.1 Å². The molecule has 0 saturated heterocycles. The molecule has 0 fully saturated rings. The van der Waals surface area contributed by atoms with Gasteiger partial charge in [-0.05, 0) is 31.0 Å². The highest BCUT2D eigenvalue weighted by molar-refractivity contribution is 14.0. The summed E-state index contributed by atoms with van der Waals surface area (Å²) >= 11 is 6.24. The summed E-state index contributed by atoms with van der Waals surface area (Å²) in [6.07, 6.45) is 2.33. The van der Waals surface area contributed by atoms with Gasteiger partial charge < -0.3 is 19.9 Å². The lowest BCUT2D eigenvalue weighted by Gasteiger charge is -2.12. The lowest BCUT2D eigenvalue weighted by Crippen LogP contribution is -2.38. The molecule has 1 heterocycles. The molecule has 24 heavy (non-hydrogen) atoms. The van der Waals surface area contributed by atoms with Gasteiger partial charge >= 0.3 is 0 Å². The molecule has 1 aromatic carbocycles. The Morgan fingerprint density at radius 3 is 2.79 bits per heavy atom. The molecular weight excluding hydrogens is 443 g/mol. The highest BCUT2D eigenvalue weighted by Gasteiger charge is 2.04. The topological polar surface area (TPSA) is 71.7 Å². The van der Waals surface area contributed by atoms with E-state index in [-0.39, 0.29) is 24.0 Å². The van der Waals surface area contributed by atoms with Crippen LogP contribution >= 0.6 is 35.6 Å². The smallest absolute Gasteiger partial charge is 0.191 e. The summed E-state index contributed by atoms with van der Waals surface area (Å²) in [5.41, 5.74) is 1.85. The van der Waals surface area contributed by atoms with E-state index in [1.165, 1.54) is 6.26 Å². The summed E-state index contributed by atoms with van der Waals surface area (Å²) in [6, 6.07) is 7.50. The first-order valence-corrected chi connectivity index (χ1v) is 7.84. The van der Waals surface area contributed by atoms with Gasteiger partial charge in [0.1, 0.15) is 17.7 Å². The van der Waals surface area contributed by atoms with Crippen LogP contribution in [-0.4, -0.2) is 31.3 Å². The second-order valence-corrected chi connectivity index (χ2v) is 5.23. The average Bonchev–Trinajstić information content (AvgIpc) is 3.07. The van der Waals surface area contributed by atoms with Gasteiger partial charge in [-0.3, -0.25) is 0 Å². The zero-order valence-corrected chi connectivity index (χ0v) is 16.8. The number of hydrogen-bond donors (Lipinski definition) is 2. The molecule has 0 saturated carbocycles. The Balaban J connectivity index is 0.00000288. The van der Waals surface area contributed by atoms with Crippen LogP contribution < -0.4 is 15.4 Å². The molecule has 0 spiro atoms. The molecule has 0 unspecified atom stereocenters. The quantitative estimate of drug-likeness (QED) is 0.374. The summed E-state index contributed by atoms with van der Waals surface area (Å²) < 4.78 is 9.94. The third kappa shape index (κ3) is 6.56. The SMILES string of the molecule is CCNC(=NCc1ccon1)NCCc1ccc(OC)cc1Cl.I. The van der Waals surface area contributed by atoms with E-state index in [4.69, 9.17) is 20.9 Å². The van der Waals surface area contributed by atoms with Crippen LogP contribution in [0.2, 0.25) is 5.02 Å². The van der Waals surface area contributed by atoms with E-state index in [0.717, 1.165) is 42.5 Å². The van der Waals surface area contributed by atoms with Crippen molar-refractivity contribution in [1.82, 2.24) is 15.8 Å². The number of benzene rings is 1. The predicted molar refractivity (Wildman–Crippen MR) is 106 cm³/mol. The second kappa shape index (κ2) is 11.1. The fourth-order valence-electron chi connectivity index (χ4n) is 1.99. The van der Waals surface area contributed by atoms with Crippen molar-refractivity contribution in [3.05, 3.63) is 46.8 Å². The van der Waals surface area contributed by atoms with Crippen molar-refractivity contribution in [2.75, 3.05) is 20.2 Å². The Morgan fingerprint density at radius 1 is 1.33 bits per heavy atom. The van der Waals surface area contributed by atoms with Crippen LogP contribution in [0.15, 0.2) is 40.0 Å². The minimum absolute atomic E-state index is 0. The molecule has 132 valence electrons. The predicted octanol–water partition coefficient (Wildman–Crippen LogP) is 3.25. The maximum absolute atomic E-state index is 6.24. The van der Waals surface area contributed by atoms with Crippen LogP contribution in [0.4, 0.5) is 0 Å². The van der Waals surface area contributed by atoms with E-state index in [1.54, 1.807) is 13.2 Å². The van der Waals surface area contributed by atoms with Crippen molar-refractivity contribution < 1.29 is 9.26 Å². The lowest BCUT2D eigenvalue weighted by atomic mass is 10.1. The monoisotopic (exact) mass is 464 g/mol. The Hall–Kier alpha value is -1.48. The summed E-state index contributed by atoms with van der Waals surface area (Å²) in [4.78, 5) is 4.46. The van der Waals surface area contributed by atoms with Crippen LogP contribution in [-0.2, 0) is 13.0 Å². The number of ether oxygens (including phenoxy) is 1. The van der Waals surface area contributed by atoms with Gasteiger partial charge in [0.25, 0.3) is 0 Å². The van der Waals surface area contributed by atoms with Gasteiger partial charge in [-0.25, -0.2) is 4.99 Å². The van der Waals surface area contributed by atoms with Crippen molar-refractivity contribution in [1.29, 1.82) is 0 Å². The third-order valence-corrected chi connectivity index (χ3v) is 3.53. The first-order chi connectivity index (χ1) is 11.2. The van der Waals surface area contributed by atoms with Gasteiger partial charge in [-0.2, -0.15) is 0 Å². The van der Waals surface area contributed by atoms with Gasteiger partial charge in [0.2, 0.25) is 0 Å². The van der Waals surface area contributed by atoms with Gasteiger partial charge in [0.05, 0.1) is 13.7 Å². The number of nitrogens with zero attached hydrogens (tertiary/aromatic N) is 2. The standard InChI is InChI=1S/C16H21ClN4O2.HI/c1-3-18-16(20-11-13-7-9-23-21-13)19-8-6-12-4-5-14(22-2)10-15(12)17;/h4-5,7,9-10H,3,6,8,11H2,1-2H3,(H2,18,19,20);1H. The lowest BCUT2D eigenvalue weighted by molar-refractivity contribution is 0.412. The molecule has 2 rings (SSSR count). The molecule has 0 amide bonds. The first kappa shape index (κ1) is 20.6.